The molecule has 1 aromatic rings. The number of halogens is 1. The van der Waals surface area contributed by atoms with Crippen molar-refractivity contribution in [1.82, 2.24) is 5.32 Å². The first-order valence-electron chi connectivity index (χ1n) is 7.82. The van der Waals surface area contributed by atoms with Gasteiger partial charge in [0.2, 0.25) is 5.91 Å². The third-order valence-corrected chi connectivity index (χ3v) is 3.80. The average molecular weight is 294 g/mol. The van der Waals surface area contributed by atoms with Crippen molar-refractivity contribution < 1.29 is 9.18 Å². The molecule has 0 aliphatic rings. The van der Waals surface area contributed by atoms with Crippen LogP contribution < -0.4 is 11.1 Å². The average Bonchev–Trinajstić information content (AvgIpc) is 2.45. The molecule has 0 aliphatic heterocycles. The Bertz CT molecular complexity index is 431. The van der Waals surface area contributed by atoms with Crippen LogP contribution in [0.4, 0.5) is 4.39 Å². The lowest BCUT2D eigenvalue weighted by Gasteiger charge is -2.17. The van der Waals surface area contributed by atoms with E-state index in [0.717, 1.165) is 25.7 Å². The Morgan fingerprint density at radius 2 is 2.00 bits per heavy atom. The topological polar surface area (TPSA) is 55.1 Å². The number of hydrogen-bond donors (Lipinski definition) is 2. The monoisotopic (exact) mass is 294 g/mol. The van der Waals surface area contributed by atoms with E-state index < -0.39 is 0 Å². The maximum atomic E-state index is 13.6. The van der Waals surface area contributed by atoms with Crippen molar-refractivity contribution in [2.75, 3.05) is 6.54 Å². The molecular weight excluding hydrogens is 267 g/mol. The van der Waals surface area contributed by atoms with Gasteiger partial charge in [0, 0.05) is 12.0 Å². The number of carbonyl (C=O) groups excluding carboxylic acids is 1. The Morgan fingerprint density at radius 3 is 2.62 bits per heavy atom. The zero-order chi connectivity index (χ0) is 15.7. The molecule has 1 unspecified atom stereocenters. The van der Waals surface area contributed by atoms with Crippen LogP contribution in [-0.4, -0.2) is 12.5 Å². The fourth-order valence-corrected chi connectivity index (χ4v) is 2.63. The summed E-state index contributed by atoms with van der Waals surface area (Å²) >= 11 is 0. The minimum absolute atomic E-state index is 0.0242. The van der Waals surface area contributed by atoms with E-state index in [0.29, 0.717) is 24.4 Å². The fourth-order valence-electron chi connectivity index (χ4n) is 2.63. The van der Waals surface area contributed by atoms with Crippen molar-refractivity contribution in [1.29, 1.82) is 0 Å². The normalized spacial score (nSPS) is 13.7. The lowest BCUT2D eigenvalue weighted by atomic mass is 9.94. The van der Waals surface area contributed by atoms with E-state index >= 15 is 0 Å². The van der Waals surface area contributed by atoms with Gasteiger partial charge in [-0.3, -0.25) is 4.79 Å². The second kappa shape index (κ2) is 9.50. The molecule has 118 valence electrons. The van der Waals surface area contributed by atoms with Gasteiger partial charge in [0.25, 0.3) is 0 Å². The molecule has 0 bridgehead atoms. The number of benzene rings is 1. The van der Waals surface area contributed by atoms with Crippen LogP contribution in [0.25, 0.3) is 0 Å². The van der Waals surface area contributed by atoms with E-state index in [-0.39, 0.29) is 17.8 Å². The molecule has 0 aliphatic carbocycles. The minimum atomic E-state index is -0.308. The summed E-state index contributed by atoms with van der Waals surface area (Å²) in [6, 6.07) is 6.23. The summed E-state index contributed by atoms with van der Waals surface area (Å²) in [6.45, 7) is 4.61. The quantitative estimate of drug-likeness (QED) is 0.732. The Labute approximate surface area is 127 Å². The zero-order valence-electron chi connectivity index (χ0n) is 13.1. The number of amides is 1. The summed E-state index contributed by atoms with van der Waals surface area (Å²) in [5.41, 5.74) is 6.12. The largest absolute Gasteiger partial charge is 0.349 e. The predicted octanol–water partition coefficient (Wildman–Crippen LogP) is 3.55. The van der Waals surface area contributed by atoms with Gasteiger partial charge in [0.15, 0.2) is 0 Å². The standard InChI is InChI=1S/C17H27FN2O/c1-3-6-14(11-12-19)9-10-17(21)20-13(2)15-7-4-5-8-16(15)18/h4-5,7-8,13-14H,3,6,9-12,19H2,1-2H3,(H,20,21)/t13-,14?/m1/s1. The smallest absolute Gasteiger partial charge is 0.220 e. The first-order valence-corrected chi connectivity index (χ1v) is 7.82. The van der Waals surface area contributed by atoms with Gasteiger partial charge < -0.3 is 11.1 Å². The minimum Gasteiger partial charge on any atom is -0.349 e. The molecule has 4 heteroatoms. The summed E-state index contributed by atoms with van der Waals surface area (Å²) in [7, 11) is 0. The molecule has 0 saturated carbocycles. The molecule has 1 rings (SSSR count). The number of carbonyl (C=O) groups is 1. The highest BCUT2D eigenvalue weighted by Gasteiger charge is 2.14. The molecule has 0 aromatic heterocycles. The number of nitrogens with one attached hydrogen (secondary N) is 1. The number of hydrogen-bond acceptors (Lipinski definition) is 2. The Morgan fingerprint density at radius 1 is 1.29 bits per heavy atom. The second-order valence-corrected chi connectivity index (χ2v) is 5.58. The van der Waals surface area contributed by atoms with Gasteiger partial charge in [-0.05, 0) is 38.3 Å². The molecule has 1 amide bonds. The van der Waals surface area contributed by atoms with Crippen molar-refractivity contribution in [3.8, 4) is 0 Å². The predicted molar refractivity (Wildman–Crippen MR) is 84.3 cm³/mol. The van der Waals surface area contributed by atoms with Gasteiger partial charge in [-0.15, -0.1) is 0 Å². The summed E-state index contributed by atoms with van der Waals surface area (Å²) in [6.07, 6.45) is 4.50. The van der Waals surface area contributed by atoms with Crippen LogP contribution in [0.3, 0.4) is 0 Å². The van der Waals surface area contributed by atoms with Gasteiger partial charge in [-0.1, -0.05) is 38.0 Å². The van der Waals surface area contributed by atoms with E-state index in [1.165, 1.54) is 6.07 Å². The van der Waals surface area contributed by atoms with E-state index in [1.807, 2.05) is 0 Å². The molecule has 3 N–H and O–H groups in total. The van der Waals surface area contributed by atoms with Crippen LogP contribution in [-0.2, 0) is 4.79 Å². The molecule has 1 aromatic carbocycles. The lowest BCUT2D eigenvalue weighted by Crippen LogP contribution is -2.27. The SMILES string of the molecule is CCCC(CCN)CCC(=O)N[C@H](C)c1ccccc1F. The number of rotatable bonds is 9. The van der Waals surface area contributed by atoms with E-state index in [9.17, 15) is 9.18 Å². The summed E-state index contributed by atoms with van der Waals surface area (Å²) in [5.74, 6) is 0.204. The van der Waals surface area contributed by atoms with E-state index in [2.05, 4.69) is 12.2 Å². The molecule has 2 atom stereocenters. The summed E-state index contributed by atoms with van der Waals surface area (Å²) < 4.78 is 13.6. The van der Waals surface area contributed by atoms with Gasteiger partial charge >= 0.3 is 0 Å². The third kappa shape index (κ3) is 6.25. The first-order chi connectivity index (χ1) is 10.1. The highest BCUT2D eigenvalue weighted by Crippen LogP contribution is 2.19. The van der Waals surface area contributed by atoms with Crippen molar-refractivity contribution >= 4 is 5.91 Å². The van der Waals surface area contributed by atoms with Crippen molar-refractivity contribution in [2.45, 2.75) is 52.0 Å². The second-order valence-electron chi connectivity index (χ2n) is 5.58. The lowest BCUT2D eigenvalue weighted by molar-refractivity contribution is -0.122. The summed E-state index contributed by atoms with van der Waals surface area (Å²) in [5, 5.41) is 2.87. The van der Waals surface area contributed by atoms with Crippen LogP contribution >= 0.6 is 0 Å². The zero-order valence-corrected chi connectivity index (χ0v) is 13.1. The van der Waals surface area contributed by atoms with Crippen LogP contribution in [0.15, 0.2) is 24.3 Å². The maximum Gasteiger partial charge on any atom is 0.220 e. The van der Waals surface area contributed by atoms with Crippen LogP contribution in [0, 0.1) is 11.7 Å². The molecule has 0 spiro atoms. The van der Waals surface area contributed by atoms with Crippen molar-refractivity contribution in [3.05, 3.63) is 35.6 Å². The van der Waals surface area contributed by atoms with E-state index in [4.69, 9.17) is 5.73 Å². The van der Waals surface area contributed by atoms with Gasteiger partial charge in [-0.2, -0.15) is 0 Å². The fraction of sp³-hybridized carbons (Fsp3) is 0.588. The molecule has 0 saturated heterocycles. The van der Waals surface area contributed by atoms with Crippen LogP contribution in [0.5, 0.6) is 0 Å². The highest BCUT2D eigenvalue weighted by molar-refractivity contribution is 5.76. The Kier molecular flexibility index (Phi) is 7.98. The molecule has 3 nitrogen and oxygen atoms in total. The van der Waals surface area contributed by atoms with Gasteiger partial charge in [0.05, 0.1) is 6.04 Å². The number of nitrogens with two attached hydrogens (primary N) is 1. The molecule has 21 heavy (non-hydrogen) atoms. The Hall–Kier alpha value is -1.42. The molecule has 0 heterocycles. The van der Waals surface area contributed by atoms with Crippen LogP contribution in [0.1, 0.15) is 57.6 Å². The highest BCUT2D eigenvalue weighted by atomic mass is 19.1. The van der Waals surface area contributed by atoms with Crippen molar-refractivity contribution in [2.24, 2.45) is 11.7 Å². The first kappa shape index (κ1) is 17.6. The summed E-state index contributed by atoms with van der Waals surface area (Å²) in [4.78, 5) is 12.0. The van der Waals surface area contributed by atoms with Crippen molar-refractivity contribution in [3.63, 3.8) is 0 Å². The van der Waals surface area contributed by atoms with Crippen LogP contribution in [0.2, 0.25) is 0 Å². The van der Waals surface area contributed by atoms with Gasteiger partial charge in [-0.25, -0.2) is 4.39 Å². The Balaban J connectivity index is 2.44. The third-order valence-electron chi connectivity index (χ3n) is 3.80. The van der Waals surface area contributed by atoms with Gasteiger partial charge in [0.1, 0.15) is 5.82 Å². The maximum absolute atomic E-state index is 13.6. The van der Waals surface area contributed by atoms with E-state index in [1.54, 1.807) is 25.1 Å². The molecule has 0 fully saturated rings. The molecular formula is C17H27FN2O. The molecule has 0 radical (unpaired) electrons.